The van der Waals surface area contributed by atoms with Crippen molar-refractivity contribution >= 4 is 29.1 Å². The fraction of sp³-hybridized carbons (Fsp3) is 0.200. The molecule has 1 aliphatic rings. The molecular formula is C30H27Cl2N3O4. The molecule has 9 heteroatoms. The maximum atomic E-state index is 13.8. The lowest BCUT2D eigenvalue weighted by Crippen LogP contribution is -2.29. The quantitative estimate of drug-likeness (QED) is 0.212. The van der Waals surface area contributed by atoms with Gasteiger partial charge < -0.3 is 19.5 Å². The minimum atomic E-state index is -0.565. The van der Waals surface area contributed by atoms with Crippen LogP contribution in [-0.4, -0.2) is 39.3 Å². The Morgan fingerprint density at radius 3 is 2.64 bits per heavy atom. The zero-order valence-corrected chi connectivity index (χ0v) is 23.0. The zero-order valence-electron chi connectivity index (χ0n) is 21.5. The van der Waals surface area contributed by atoms with Gasteiger partial charge in [0.2, 0.25) is 0 Å². The average Bonchev–Trinajstić information content (AvgIpc) is 3.46. The van der Waals surface area contributed by atoms with Gasteiger partial charge in [0.15, 0.2) is 11.5 Å². The number of phenols is 1. The second kappa shape index (κ2) is 11.0. The molecule has 0 saturated carbocycles. The minimum absolute atomic E-state index is 0.0186. The molecular weight excluding hydrogens is 537 g/mol. The number of nitrogens with one attached hydrogen (secondary N) is 1. The summed E-state index contributed by atoms with van der Waals surface area (Å²) in [4.78, 5) is 15.6. The lowest BCUT2D eigenvalue weighted by molar-refractivity contribution is 0.0730. The number of rotatable bonds is 9. The summed E-state index contributed by atoms with van der Waals surface area (Å²) in [5, 5.41) is 19.2. The van der Waals surface area contributed by atoms with Gasteiger partial charge in [-0.15, -0.1) is 0 Å². The van der Waals surface area contributed by atoms with Crippen molar-refractivity contribution in [2.24, 2.45) is 0 Å². The molecule has 5 rings (SSSR count). The summed E-state index contributed by atoms with van der Waals surface area (Å²) in [5.74, 6) is 0.890. The van der Waals surface area contributed by atoms with Gasteiger partial charge in [0, 0.05) is 27.7 Å². The topological polar surface area (TPSA) is 87.7 Å². The van der Waals surface area contributed by atoms with E-state index in [2.05, 4.69) is 16.8 Å². The smallest absolute Gasteiger partial charge is 0.273 e. The molecule has 1 aliphatic heterocycles. The van der Waals surface area contributed by atoms with E-state index in [9.17, 15) is 9.90 Å². The molecule has 1 aromatic heterocycles. The number of amides is 1. The van der Waals surface area contributed by atoms with E-state index in [-0.39, 0.29) is 18.2 Å². The lowest BCUT2D eigenvalue weighted by atomic mass is 9.94. The SMILES string of the molecule is C=CCOc1ccc(C2c3c(-c4cc(Cl)c(C)cc4O)n[nH]c3C(=O)N2Cc2ccccc2Cl)cc1OCC. The Kier molecular flexibility index (Phi) is 7.55. The van der Waals surface area contributed by atoms with Gasteiger partial charge in [0.1, 0.15) is 23.7 Å². The van der Waals surface area contributed by atoms with Crippen molar-refractivity contribution in [1.29, 1.82) is 0 Å². The highest BCUT2D eigenvalue weighted by Crippen LogP contribution is 2.47. The Balaban J connectivity index is 1.69. The summed E-state index contributed by atoms with van der Waals surface area (Å²) < 4.78 is 11.7. The highest BCUT2D eigenvalue weighted by Gasteiger charge is 2.43. The first-order valence-corrected chi connectivity index (χ1v) is 13.2. The van der Waals surface area contributed by atoms with Crippen LogP contribution in [0.4, 0.5) is 0 Å². The van der Waals surface area contributed by atoms with Gasteiger partial charge in [0.25, 0.3) is 5.91 Å². The van der Waals surface area contributed by atoms with Crippen molar-refractivity contribution in [2.75, 3.05) is 13.2 Å². The lowest BCUT2D eigenvalue weighted by Gasteiger charge is -2.27. The van der Waals surface area contributed by atoms with Crippen molar-refractivity contribution in [2.45, 2.75) is 26.4 Å². The Morgan fingerprint density at radius 1 is 1.10 bits per heavy atom. The van der Waals surface area contributed by atoms with Crippen LogP contribution in [0.25, 0.3) is 11.3 Å². The van der Waals surface area contributed by atoms with Gasteiger partial charge in [-0.25, -0.2) is 0 Å². The number of aromatic amines is 1. The predicted molar refractivity (Wildman–Crippen MR) is 152 cm³/mol. The van der Waals surface area contributed by atoms with Crippen molar-refractivity contribution < 1.29 is 19.4 Å². The van der Waals surface area contributed by atoms with Crippen LogP contribution in [0.5, 0.6) is 17.2 Å². The maximum Gasteiger partial charge on any atom is 0.273 e. The second-order valence-corrected chi connectivity index (χ2v) is 9.96. The Labute approximate surface area is 236 Å². The molecule has 1 atom stereocenters. The maximum absolute atomic E-state index is 13.8. The molecule has 1 amide bonds. The first-order valence-electron chi connectivity index (χ1n) is 12.5. The molecule has 0 bridgehead atoms. The third-order valence-electron chi connectivity index (χ3n) is 6.63. The summed E-state index contributed by atoms with van der Waals surface area (Å²) in [6, 6.07) is 15.7. The molecule has 1 unspecified atom stereocenters. The van der Waals surface area contributed by atoms with Crippen LogP contribution in [0.3, 0.4) is 0 Å². The third kappa shape index (κ3) is 4.95. The van der Waals surface area contributed by atoms with Gasteiger partial charge in [-0.2, -0.15) is 5.10 Å². The van der Waals surface area contributed by atoms with Crippen LogP contribution >= 0.6 is 23.2 Å². The monoisotopic (exact) mass is 563 g/mol. The van der Waals surface area contributed by atoms with Gasteiger partial charge in [-0.05, 0) is 60.9 Å². The highest BCUT2D eigenvalue weighted by molar-refractivity contribution is 6.32. The third-order valence-corrected chi connectivity index (χ3v) is 7.41. The van der Waals surface area contributed by atoms with Gasteiger partial charge in [-0.1, -0.05) is 60.1 Å². The Hall–Kier alpha value is -3.94. The highest BCUT2D eigenvalue weighted by atomic mass is 35.5. The Bertz CT molecular complexity index is 1570. The van der Waals surface area contributed by atoms with E-state index in [1.165, 1.54) is 0 Å². The summed E-state index contributed by atoms with van der Waals surface area (Å²) in [5.41, 5.74) is 4.14. The number of carbonyl (C=O) groups excluding carboxylic acids is 1. The first kappa shape index (κ1) is 26.7. The number of aromatic nitrogens is 2. The van der Waals surface area contributed by atoms with Crippen LogP contribution in [-0.2, 0) is 6.54 Å². The number of hydrogen-bond acceptors (Lipinski definition) is 5. The Morgan fingerprint density at radius 2 is 1.90 bits per heavy atom. The molecule has 39 heavy (non-hydrogen) atoms. The van der Waals surface area contributed by atoms with Crippen molar-refractivity contribution in [3.63, 3.8) is 0 Å². The number of carbonyl (C=O) groups is 1. The number of H-pyrrole nitrogens is 1. The standard InChI is InChI=1S/C30H27Cl2N3O4/c1-4-12-39-24-11-10-18(14-25(24)38-5-2)29-26-27(20-15-22(32)17(3)13-23(20)36)33-34-28(26)30(37)35(29)16-19-8-6-7-9-21(19)31/h4,6-11,13-15,29,36H,1,5,12,16H2,2-3H3,(H,33,34). The number of nitrogens with zero attached hydrogens (tertiary/aromatic N) is 2. The van der Waals surface area contributed by atoms with E-state index in [0.717, 1.165) is 16.7 Å². The number of aryl methyl sites for hydroxylation is 1. The van der Waals surface area contributed by atoms with Gasteiger partial charge in [-0.3, -0.25) is 9.89 Å². The van der Waals surface area contributed by atoms with E-state index in [1.54, 1.807) is 29.2 Å². The first-order chi connectivity index (χ1) is 18.8. The molecule has 2 heterocycles. The number of phenolic OH excluding ortho intramolecular Hbond substituents is 1. The van der Waals surface area contributed by atoms with E-state index >= 15 is 0 Å². The number of fused-ring (bicyclic) bond motifs is 1. The van der Waals surface area contributed by atoms with Crippen LogP contribution < -0.4 is 9.47 Å². The fourth-order valence-corrected chi connectivity index (χ4v) is 5.17. The molecule has 0 spiro atoms. The van der Waals surface area contributed by atoms with Crippen LogP contribution in [0.2, 0.25) is 10.0 Å². The summed E-state index contributed by atoms with van der Waals surface area (Å²) >= 11 is 12.9. The van der Waals surface area contributed by atoms with Gasteiger partial charge in [0.05, 0.1) is 12.6 Å². The normalized spacial score (nSPS) is 14.4. The largest absolute Gasteiger partial charge is 0.507 e. The number of ether oxygens (including phenoxy) is 2. The average molecular weight is 564 g/mol. The molecule has 0 radical (unpaired) electrons. The molecule has 4 aromatic rings. The fourth-order valence-electron chi connectivity index (χ4n) is 4.81. The number of hydrogen-bond donors (Lipinski definition) is 2. The molecule has 0 aliphatic carbocycles. The second-order valence-electron chi connectivity index (χ2n) is 9.15. The van der Waals surface area contributed by atoms with E-state index in [4.69, 9.17) is 32.7 Å². The molecule has 3 aromatic carbocycles. The molecule has 0 fully saturated rings. The van der Waals surface area contributed by atoms with E-state index < -0.39 is 6.04 Å². The van der Waals surface area contributed by atoms with Gasteiger partial charge >= 0.3 is 0 Å². The number of halogens is 2. The number of benzene rings is 3. The summed E-state index contributed by atoms with van der Waals surface area (Å²) in [6.45, 7) is 8.42. The van der Waals surface area contributed by atoms with Crippen molar-refractivity contribution in [3.8, 4) is 28.5 Å². The van der Waals surface area contributed by atoms with Crippen LogP contribution in [0.1, 0.15) is 45.7 Å². The molecule has 200 valence electrons. The minimum Gasteiger partial charge on any atom is -0.507 e. The van der Waals surface area contributed by atoms with Crippen molar-refractivity contribution in [3.05, 3.63) is 105 Å². The predicted octanol–water partition coefficient (Wildman–Crippen LogP) is 7.11. The summed E-state index contributed by atoms with van der Waals surface area (Å²) in [6.07, 6.45) is 1.66. The zero-order chi connectivity index (χ0) is 27.7. The molecule has 7 nitrogen and oxygen atoms in total. The van der Waals surface area contributed by atoms with Crippen molar-refractivity contribution in [1.82, 2.24) is 15.1 Å². The molecule has 2 N–H and O–H groups in total. The molecule has 0 saturated heterocycles. The van der Waals surface area contributed by atoms with E-state index in [0.29, 0.717) is 57.3 Å². The van der Waals surface area contributed by atoms with Crippen LogP contribution in [0.15, 0.2) is 67.3 Å². The van der Waals surface area contributed by atoms with Crippen LogP contribution in [0, 0.1) is 6.92 Å². The number of aromatic hydroxyl groups is 1. The summed E-state index contributed by atoms with van der Waals surface area (Å²) in [7, 11) is 0. The van der Waals surface area contributed by atoms with E-state index in [1.807, 2.05) is 50.2 Å².